The summed E-state index contributed by atoms with van der Waals surface area (Å²) in [6, 6.07) is 4.37. The van der Waals surface area contributed by atoms with Crippen LogP contribution in [0.2, 0.25) is 0 Å². The van der Waals surface area contributed by atoms with E-state index >= 15 is 0 Å². The first kappa shape index (κ1) is 32.4. The molecule has 2 aliphatic heterocycles. The molecule has 44 heavy (non-hydrogen) atoms. The van der Waals surface area contributed by atoms with Crippen LogP contribution in [0, 0.1) is 30.2 Å². The van der Waals surface area contributed by atoms with E-state index in [1.165, 1.54) is 6.08 Å². The van der Waals surface area contributed by atoms with E-state index in [1.54, 1.807) is 24.8 Å². The van der Waals surface area contributed by atoms with Gasteiger partial charge in [-0.25, -0.2) is 14.4 Å². The van der Waals surface area contributed by atoms with Crippen LogP contribution < -0.4 is 5.32 Å². The van der Waals surface area contributed by atoms with Gasteiger partial charge in [0.2, 0.25) is 0 Å². The number of rotatable bonds is 11. The number of alkyl halides is 1. The first-order chi connectivity index (χ1) is 21.3. The molecule has 0 bridgehead atoms. The van der Waals surface area contributed by atoms with Gasteiger partial charge in [0.25, 0.3) is 0 Å². The molecular formula is C34H40FN9. The SMILES string of the molecule is C#CN=C/C(=C\C=CCCN(C)C)c1cnc2n[nH]c(C(NC3CC(C4=CC(F)C#CCN=C4)=CN=CC3C)N(C)C)c2c1. The Balaban J connectivity index is 1.64. The Morgan fingerprint density at radius 3 is 2.95 bits per heavy atom. The molecule has 2 aliphatic rings. The first-order valence-corrected chi connectivity index (χ1v) is 14.6. The van der Waals surface area contributed by atoms with Crippen molar-refractivity contribution in [1.82, 2.24) is 30.3 Å². The first-order valence-electron chi connectivity index (χ1n) is 14.6. The van der Waals surface area contributed by atoms with Gasteiger partial charge in [0.1, 0.15) is 6.17 Å². The Kier molecular flexibility index (Phi) is 11.7. The minimum Gasteiger partial charge on any atom is -0.309 e. The van der Waals surface area contributed by atoms with E-state index in [9.17, 15) is 4.39 Å². The number of allylic oxidation sites excluding steroid dienone is 5. The van der Waals surface area contributed by atoms with Gasteiger partial charge in [-0.05, 0) is 64.3 Å². The lowest BCUT2D eigenvalue weighted by Crippen LogP contribution is -2.44. The second-order valence-corrected chi connectivity index (χ2v) is 11.2. The summed E-state index contributed by atoms with van der Waals surface area (Å²) in [6.07, 6.45) is 21.9. The molecule has 4 rings (SSSR count). The zero-order valence-electron chi connectivity index (χ0n) is 26.0. The summed E-state index contributed by atoms with van der Waals surface area (Å²) in [5.41, 5.74) is 4.79. The number of terminal acetylenes is 1. The molecule has 0 fully saturated rings. The van der Waals surface area contributed by atoms with Gasteiger partial charge in [0.05, 0.1) is 12.2 Å². The summed E-state index contributed by atoms with van der Waals surface area (Å²) in [7, 11) is 8.12. The normalized spacial score (nSPS) is 21.6. The summed E-state index contributed by atoms with van der Waals surface area (Å²) in [6.45, 7) is 3.35. The Labute approximate surface area is 259 Å². The number of hydrogen-bond acceptors (Lipinski definition) is 8. The van der Waals surface area contributed by atoms with Gasteiger partial charge in [0.15, 0.2) is 11.8 Å². The van der Waals surface area contributed by atoms with Gasteiger partial charge in [-0.3, -0.25) is 25.3 Å². The van der Waals surface area contributed by atoms with Gasteiger partial charge in [0, 0.05) is 72.1 Å². The number of aliphatic imine (C=N–C) groups is 3. The molecule has 0 aromatic carbocycles. The number of nitrogens with zero attached hydrogens (tertiary/aromatic N) is 7. The molecule has 4 atom stereocenters. The maximum atomic E-state index is 14.4. The van der Waals surface area contributed by atoms with E-state index in [4.69, 9.17) is 6.42 Å². The average molecular weight is 594 g/mol. The zero-order chi connectivity index (χ0) is 31.5. The van der Waals surface area contributed by atoms with Gasteiger partial charge < -0.3 is 4.90 Å². The maximum Gasteiger partial charge on any atom is 0.181 e. The molecule has 0 radical (unpaired) electrons. The molecule has 2 aromatic rings. The van der Waals surface area contributed by atoms with Crippen LogP contribution in [0.4, 0.5) is 4.39 Å². The van der Waals surface area contributed by atoms with Crippen LogP contribution in [0.1, 0.15) is 37.2 Å². The molecule has 4 heterocycles. The smallest absolute Gasteiger partial charge is 0.181 e. The fourth-order valence-corrected chi connectivity index (χ4v) is 4.92. The Morgan fingerprint density at radius 1 is 1.34 bits per heavy atom. The van der Waals surface area contributed by atoms with E-state index in [-0.39, 0.29) is 24.7 Å². The molecule has 2 N–H and O–H groups in total. The highest BCUT2D eigenvalue weighted by molar-refractivity contribution is 6.11. The van der Waals surface area contributed by atoms with Crippen LogP contribution in [-0.2, 0) is 0 Å². The number of nitrogens with one attached hydrogen (secondary N) is 2. The van der Waals surface area contributed by atoms with E-state index in [0.29, 0.717) is 17.6 Å². The van der Waals surface area contributed by atoms with Crippen molar-refractivity contribution in [2.75, 3.05) is 41.3 Å². The number of fused-ring (bicyclic) bond motifs is 1. The van der Waals surface area contributed by atoms with Crippen LogP contribution in [-0.4, -0.2) is 97.1 Å². The lowest BCUT2D eigenvalue weighted by atomic mass is 9.92. The van der Waals surface area contributed by atoms with E-state index in [1.807, 2.05) is 32.5 Å². The predicted molar refractivity (Wildman–Crippen MR) is 179 cm³/mol. The molecule has 228 valence electrons. The summed E-state index contributed by atoms with van der Waals surface area (Å²) < 4.78 is 14.4. The van der Waals surface area contributed by atoms with Crippen LogP contribution in [0.25, 0.3) is 16.6 Å². The van der Waals surface area contributed by atoms with Crippen LogP contribution in [0.3, 0.4) is 0 Å². The molecule has 0 amide bonds. The third kappa shape index (κ3) is 8.77. The molecule has 4 unspecified atom stereocenters. The lowest BCUT2D eigenvalue weighted by Gasteiger charge is -2.32. The highest BCUT2D eigenvalue weighted by Crippen LogP contribution is 2.29. The number of aromatic amines is 1. The zero-order valence-corrected chi connectivity index (χ0v) is 26.0. The van der Waals surface area contributed by atoms with Crippen molar-refractivity contribution in [3.8, 4) is 24.3 Å². The van der Waals surface area contributed by atoms with Crippen LogP contribution in [0.15, 0.2) is 68.9 Å². The number of H-pyrrole nitrogens is 1. The van der Waals surface area contributed by atoms with Gasteiger partial charge >= 0.3 is 0 Å². The number of aromatic nitrogens is 3. The van der Waals surface area contributed by atoms with Crippen molar-refractivity contribution in [1.29, 1.82) is 0 Å². The quantitative estimate of drug-likeness (QED) is 0.175. The monoisotopic (exact) mass is 593 g/mol. The number of pyridine rings is 1. The Hall–Kier alpha value is -4.48. The number of halogens is 1. The minimum absolute atomic E-state index is 0.0243. The molecule has 10 heteroatoms. The van der Waals surface area contributed by atoms with Gasteiger partial charge in [-0.2, -0.15) is 5.10 Å². The minimum atomic E-state index is -1.35. The van der Waals surface area contributed by atoms with Crippen LogP contribution >= 0.6 is 0 Å². The van der Waals surface area contributed by atoms with E-state index in [0.717, 1.165) is 40.8 Å². The highest BCUT2D eigenvalue weighted by atomic mass is 19.1. The van der Waals surface area contributed by atoms with Gasteiger partial charge in [-0.1, -0.05) is 43.4 Å². The third-order valence-electron chi connectivity index (χ3n) is 7.33. The molecule has 0 saturated carbocycles. The summed E-state index contributed by atoms with van der Waals surface area (Å²) in [5, 5.41) is 12.4. The second kappa shape index (κ2) is 15.8. The fraction of sp³-hybridized carbons (Fsp3) is 0.382. The molecule has 2 aromatic heterocycles. The summed E-state index contributed by atoms with van der Waals surface area (Å²) >= 11 is 0. The van der Waals surface area contributed by atoms with Crippen molar-refractivity contribution in [2.24, 2.45) is 20.9 Å². The fourth-order valence-electron chi connectivity index (χ4n) is 4.92. The van der Waals surface area contributed by atoms with Crippen molar-refractivity contribution in [3.05, 3.63) is 65.2 Å². The van der Waals surface area contributed by atoms with Crippen LogP contribution in [0.5, 0.6) is 0 Å². The van der Waals surface area contributed by atoms with Crippen molar-refractivity contribution in [3.63, 3.8) is 0 Å². The molecule has 0 saturated heterocycles. The molecule has 9 nitrogen and oxygen atoms in total. The third-order valence-corrected chi connectivity index (χ3v) is 7.33. The standard InChI is InChI=1S/C34H40FN9/c1-7-36-20-25(12-9-8-10-15-43(3)4)27-17-30-32(41-42-33(30)39-23-27)34(44(5)6)40-31-18-28(22-38-19-24(31)2)26-16-29(35)13-11-14-37-21-26/h1,8-9,12,16-17,19-24,29,31,34,40H,10,14-15,18H2,2-6H3,(H,39,41,42)/b9-8?,25-12+,26-16?,36-20?,37-21?. The molecule has 0 spiro atoms. The van der Waals surface area contributed by atoms with Crippen molar-refractivity contribution in [2.45, 2.75) is 38.1 Å². The average Bonchev–Trinajstić information content (AvgIpc) is 3.30. The number of hydrogen-bond donors (Lipinski definition) is 2. The van der Waals surface area contributed by atoms with Gasteiger partial charge in [-0.15, -0.1) is 0 Å². The van der Waals surface area contributed by atoms with Crippen molar-refractivity contribution >= 4 is 35.3 Å². The topological polar surface area (TPSA) is 97.2 Å². The predicted octanol–water partition coefficient (Wildman–Crippen LogP) is 4.38. The van der Waals surface area contributed by atoms with Crippen molar-refractivity contribution < 1.29 is 4.39 Å². The maximum absolute atomic E-state index is 14.4. The molecule has 0 aliphatic carbocycles. The molecular weight excluding hydrogens is 553 g/mol. The Morgan fingerprint density at radius 2 is 2.18 bits per heavy atom. The van der Waals surface area contributed by atoms with E-state index in [2.05, 4.69) is 96.3 Å². The highest BCUT2D eigenvalue weighted by Gasteiger charge is 2.28. The lowest BCUT2D eigenvalue weighted by molar-refractivity contribution is 0.213. The second-order valence-electron chi connectivity index (χ2n) is 11.2. The largest absolute Gasteiger partial charge is 0.309 e. The summed E-state index contributed by atoms with van der Waals surface area (Å²) in [5.74, 6) is 5.39. The van der Waals surface area contributed by atoms with E-state index < -0.39 is 6.17 Å². The summed E-state index contributed by atoms with van der Waals surface area (Å²) in [4.78, 5) is 21.8. The Bertz CT molecular complexity index is 1620.